The fraction of sp³-hybridized carbons (Fsp3) is 0. The Hall–Kier alpha value is -2.16. The summed E-state index contributed by atoms with van der Waals surface area (Å²) in [5.41, 5.74) is 0.541. The molecule has 2 aromatic carbocycles. The third kappa shape index (κ3) is 1.21. The average molecular weight is 213 g/mol. The van der Waals surface area contributed by atoms with E-state index in [1.54, 1.807) is 6.07 Å². The molecule has 0 radical (unpaired) electrons. The smallest absolute Gasteiger partial charge is 0.256 e. The van der Waals surface area contributed by atoms with Crippen LogP contribution in [0.5, 0.6) is 0 Å². The number of H-pyrrole nitrogens is 1. The SMILES string of the molecule is O=c1[nH]c2ccccc2c2cc(F)ccc12. The van der Waals surface area contributed by atoms with Gasteiger partial charge in [-0.25, -0.2) is 4.39 Å². The molecular formula is C13H8FNO. The molecule has 0 aliphatic rings. The Morgan fingerprint density at radius 3 is 2.62 bits per heavy atom. The van der Waals surface area contributed by atoms with Crippen LogP contribution in [-0.2, 0) is 0 Å². The molecule has 16 heavy (non-hydrogen) atoms. The van der Waals surface area contributed by atoms with Crippen LogP contribution >= 0.6 is 0 Å². The van der Waals surface area contributed by atoms with Crippen molar-refractivity contribution in [3.8, 4) is 0 Å². The van der Waals surface area contributed by atoms with Crippen LogP contribution in [0.2, 0.25) is 0 Å². The molecule has 0 fully saturated rings. The van der Waals surface area contributed by atoms with E-state index in [0.717, 1.165) is 10.9 Å². The predicted octanol–water partition coefficient (Wildman–Crippen LogP) is 2.82. The van der Waals surface area contributed by atoms with Gasteiger partial charge in [-0.15, -0.1) is 0 Å². The van der Waals surface area contributed by atoms with Crippen LogP contribution in [0.25, 0.3) is 21.7 Å². The molecule has 0 saturated carbocycles. The molecule has 0 spiro atoms. The fourth-order valence-corrected chi connectivity index (χ4v) is 1.95. The van der Waals surface area contributed by atoms with Crippen LogP contribution in [-0.4, -0.2) is 4.98 Å². The molecule has 1 N–H and O–H groups in total. The highest BCUT2D eigenvalue weighted by Gasteiger charge is 2.04. The van der Waals surface area contributed by atoms with E-state index in [-0.39, 0.29) is 11.4 Å². The number of halogens is 1. The summed E-state index contributed by atoms with van der Waals surface area (Å²) in [5.74, 6) is -0.330. The monoisotopic (exact) mass is 213 g/mol. The van der Waals surface area contributed by atoms with Gasteiger partial charge >= 0.3 is 0 Å². The molecule has 0 amide bonds. The first-order valence-electron chi connectivity index (χ1n) is 4.96. The highest BCUT2D eigenvalue weighted by Crippen LogP contribution is 2.21. The highest BCUT2D eigenvalue weighted by atomic mass is 19.1. The third-order valence-corrected chi connectivity index (χ3v) is 2.69. The molecule has 0 atom stereocenters. The zero-order valence-corrected chi connectivity index (χ0v) is 8.33. The van der Waals surface area contributed by atoms with Crippen LogP contribution in [0.3, 0.4) is 0 Å². The molecule has 3 rings (SSSR count). The standard InChI is InChI=1S/C13H8FNO/c14-8-5-6-10-11(7-8)9-3-1-2-4-12(9)15-13(10)16/h1-7H,(H,15,16). The topological polar surface area (TPSA) is 32.9 Å². The normalized spacial score (nSPS) is 11.1. The first-order valence-corrected chi connectivity index (χ1v) is 4.96. The average Bonchev–Trinajstić information content (AvgIpc) is 2.29. The molecule has 3 heteroatoms. The molecule has 2 nitrogen and oxygen atoms in total. The van der Waals surface area contributed by atoms with Crippen molar-refractivity contribution < 1.29 is 4.39 Å². The summed E-state index contributed by atoms with van der Waals surface area (Å²) in [6.45, 7) is 0. The molecule has 0 aliphatic heterocycles. The van der Waals surface area contributed by atoms with Crippen LogP contribution in [0, 0.1) is 5.82 Å². The second kappa shape index (κ2) is 3.17. The number of hydrogen-bond donors (Lipinski definition) is 1. The van der Waals surface area contributed by atoms with Crippen molar-refractivity contribution in [2.75, 3.05) is 0 Å². The first-order chi connectivity index (χ1) is 7.75. The number of nitrogens with one attached hydrogen (secondary N) is 1. The lowest BCUT2D eigenvalue weighted by atomic mass is 10.1. The van der Waals surface area contributed by atoms with Crippen LogP contribution in [0.4, 0.5) is 4.39 Å². The maximum Gasteiger partial charge on any atom is 0.256 e. The van der Waals surface area contributed by atoms with Gasteiger partial charge in [0.15, 0.2) is 0 Å². The zero-order valence-electron chi connectivity index (χ0n) is 8.33. The van der Waals surface area contributed by atoms with E-state index in [0.29, 0.717) is 10.8 Å². The highest BCUT2D eigenvalue weighted by molar-refractivity contribution is 6.05. The van der Waals surface area contributed by atoms with Gasteiger partial charge in [-0.3, -0.25) is 4.79 Å². The van der Waals surface area contributed by atoms with Gasteiger partial charge in [-0.1, -0.05) is 18.2 Å². The van der Waals surface area contributed by atoms with Gasteiger partial charge in [0, 0.05) is 16.3 Å². The predicted molar refractivity (Wildman–Crippen MR) is 62.0 cm³/mol. The minimum Gasteiger partial charge on any atom is -0.321 e. The molecule has 0 bridgehead atoms. The van der Waals surface area contributed by atoms with Crippen molar-refractivity contribution >= 4 is 21.7 Å². The minimum atomic E-state index is -0.330. The Morgan fingerprint density at radius 1 is 0.938 bits per heavy atom. The summed E-state index contributed by atoms with van der Waals surface area (Å²) in [6.07, 6.45) is 0. The Bertz CT molecular complexity index is 746. The largest absolute Gasteiger partial charge is 0.321 e. The lowest BCUT2D eigenvalue weighted by Gasteiger charge is -2.02. The first kappa shape index (κ1) is 9.09. The number of rotatable bonds is 0. The van der Waals surface area contributed by atoms with Crippen molar-refractivity contribution in [1.29, 1.82) is 0 Å². The van der Waals surface area contributed by atoms with Gasteiger partial charge in [-0.05, 0) is 29.7 Å². The Labute approximate surface area is 90.3 Å². The number of hydrogen-bond acceptors (Lipinski definition) is 1. The summed E-state index contributed by atoms with van der Waals surface area (Å²) in [7, 11) is 0. The molecule has 0 aliphatic carbocycles. The molecule has 0 unspecified atom stereocenters. The van der Waals surface area contributed by atoms with Crippen molar-refractivity contribution in [3.05, 3.63) is 58.6 Å². The molecular weight excluding hydrogens is 205 g/mol. The molecule has 1 aromatic heterocycles. The number of benzene rings is 2. The number of pyridine rings is 1. The maximum absolute atomic E-state index is 13.2. The van der Waals surface area contributed by atoms with Crippen LogP contribution in [0.1, 0.15) is 0 Å². The Kier molecular flexibility index (Phi) is 1.80. The fourth-order valence-electron chi connectivity index (χ4n) is 1.95. The summed E-state index contributed by atoms with van der Waals surface area (Å²) in [5, 5.41) is 2.02. The van der Waals surface area contributed by atoms with E-state index in [1.165, 1.54) is 18.2 Å². The molecule has 0 saturated heterocycles. The quantitative estimate of drug-likeness (QED) is 0.572. The number of para-hydroxylation sites is 1. The minimum absolute atomic E-state index is 0.186. The Balaban J connectivity index is 2.67. The van der Waals surface area contributed by atoms with Crippen LogP contribution in [0.15, 0.2) is 47.3 Å². The number of aromatic nitrogens is 1. The molecule has 78 valence electrons. The summed E-state index contributed by atoms with van der Waals surface area (Å²) in [4.78, 5) is 14.5. The van der Waals surface area contributed by atoms with Gasteiger partial charge in [0.2, 0.25) is 0 Å². The summed E-state index contributed by atoms with van der Waals surface area (Å²) >= 11 is 0. The number of aromatic amines is 1. The van der Waals surface area contributed by atoms with E-state index >= 15 is 0 Å². The van der Waals surface area contributed by atoms with Crippen molar-refractivity contribution in [2.24, 2.45) is 0 Å². The maximum atomic E-state index is 13.2. The van der Waals surface area contributed by atoms with Gasteiger partial charge in [-0.2, -0.15) is 0 Å². The lowest BCUT2D eigenvalue weighted by Crippen LogP contribution is -2.06. The second-order valence-electron chi connectivity index (χ2n) is 3.69. The Morgan fingerprint density at radius 2 is 1.75 bits per heavy atom. The van der Waals surface area contributed by atoms with Crippen molar-refractivity contribution in [2.45, 2.75) is 0 Å². The summed E-state index contributed by atoms with van der Waals surface area (Å²) in [6, 6.07) is 11.6. The van der Waals surface area contributed by atoms with Crippen molar-refractivity contribution in [1.82, 2.24) is 4.98 Å². The van der Waals surface area contributed by atoms with E-state index in [1.807, 2.05) is 18.2 Å². The van der Waals surface area contributed by atoms with Gasteiger partial charge in [0.25, 0.3) is 5.56 Å². The van der Waals surface area contributed by atoms with E-state index in [9.17, 15) is 9.18 Å². The second-order valence-corrected chi connectivity index (χ2v) is 3.69. The van der Waals surface area contributed by atoms with E-state index in [4.69, 9.17) is 0 Å². The lowest BCUT2D eigenvalue weighted by molar-refractivity contribution is 0.630. The van der Waals surface area contributed by atoms with Gasteiger partial charge < -0.3 is 4.98 Å². The number of fused-ring (bicyclic) bond motifs is 3. The third-order valence-electron chi connectivity index (χ3n) is 2.69. The molecule has 1 heterocycles. The summed E-state index contributed by atoms with van der Waals surface area (Å²) < 4.78 is 13.2. The van der Waals surface area contributed by atoms with Crippen LogP contribution < -0.4 is 5.56 Å². The van der Waals surface area contributed by atoms with Gasteiger partial charge in [0.05, 0.1) is 0 Å². The van der Waals surface area contributed by atoms with Crippen molar-refractivity contribution in [3.63, 3.8) is 0 Å². The van der Waals surface area contributed by atoms with E-state index < -0.39 is 0 Å². The van der Waals surface area contributed by atoms with E-state index in [2.05, 4.69) is 4.98 Å². The zero-order chi connectivity index (χ0) is 11.1. The van der Waals surface area contributed by atoms with Gasteiger partial charge in [0.1, 0.15) is 5.82 Å². The molecule has 3 aromatic rings.